The third-order valence-electron chi connectivity index (χ3n) is 8.51. The third-order valence-corrected chi connectivity index (χ3v) is 14.6. The molecule has 0 N–H and O–H groups in total. The first-order chi connectivity index (χ1) is 23.4. The summed E-state index contributed by atoms with van der Waals surface area (Å²) in [5.41, 5.74) is 9.35. The van der Waals surface area contributed by atoms with E-state index >= 15 is 0 Å². The van der Waals surface area contributed by atoms with Gasteiger partial charge in [0.05, 0.1) is 11.4 Å². The number of pyridine rings is 2. The molecule has 6 heteroatoms. The van der Waals surface area contributed by atoms with Crippen molar-refractivity contribution in [3.05, 3.63) is 180 Å². The summed E-state index contributed by atoms with van der Waals surface area (Å²) in [6, 6.07) is 51.4. The molecule has 248 valence electrons. The van der Waals surface area contributed by atoms with Crippen LogP contribution in [0.5, 0.6) is 0 Å². The Morgan fingerprint density at radius 1 is 0.480 bits per heavy atom. The van der Waals surface area contributed by atoms with Crippen molar-refractivity contribution in [2.75, 3.05) is 0 Å². The van der Waals surface area contributed by atoms with Gasteiger partial charge in [-0.05, 0) is 35.4 Å². The Bertz CT molecular complexity index is 2120. The number of hydrogen-bond acceptors (Lipinski definition) is 2. The van der Waals surface area contributed by atoms with Gasteiger partial charge in [0, 0.05) is 12.4 Å². The second kappa shape index (κ2) is 18.4. The van der Waals surface area contributed by atoms with Crippen LogP contribution < -0.4 is 35.2 Å². The molecule has 0 bridgehead atoms. The summed E-state index contributed by atoms with van der Waals surface area (Å²) < 4.78 is 0. The summed E-state index contributed by atoms with van der Waals surface area (Å²) in [6.45, 7) is 8.59. The van der Waals surface area contributed by atoms with Gasteiger partial charge in [0.25, 0.3) is 0 Å². The van der Waals surface area contributed by atoms with E-state index in [1.165, 1.54) is 65.3 Å². The second-order valence-electron chi connectivity index (χ2n) is 12.1. The molecule has 2 heterocycles. The van der Waals surface area contributed by atoms with Crippen LogP contribution in [0, 0.1) is 27.7 Å². The van der Waals surface area contributed by atoms with Crippen LogP contribution in [0.25, 0.3) is 44.1 Å². The van der Waals surface area contributed by atoms with Gasteiger partial charge in [-0.3, -0.25) is 9.97 Å². The van der Waals surface area contributed by atoms with Crippen molar-refractivity contribution in [2.45, 2.75) is 27.7 Å². The molecule has 0 atom stereocenters. The molecule has 0 amide bonds. The van der Waals surface area contributed by atoms with E-state index in [1.807, 2.05) is 36.7 Å². The van der Waals surface area contributed by atoms with Gasteiger partial charge >= 0.3 is 99.8 Å². The van der Waals surface area contributed by atoms with Crippen molar-refractivity contribution in [3.8, 4) is 22.5 Å². The van der Waals surface area contributed by atoms with Crippen LogP contribution in [0.1, 0.15) is 22.3 Å². The van der Waals surface area contributed by atoms with Gasteiger partial charge in [0.1, 0.15) is 0 Å². The quantitative estimate of drug-likeness (QED) is 0.201. The van der Waals surface area contributed by atoms with Crippen LogP contribution in [0.2, 0.25) is 0 Å². The van der Waals surface area contributed by atoms with Crippen molar-refractivity contribution < 1.29 is 48.1 Å². The van der Waals surface area contributed by atoms with Crippen molar-refractivity contribution in [1.29, 1.82) is 0 Å². The first-order valence-electron chi connectivity index (χ1n) is 16.2. The molecule has 2 nitrogen and oxygen atoms in total. The molecular formula is C44H38Cl2N2SiZr-2. The van der Waals surface area contributed by atoms with Crippen molar-refractivity contribution in [3.63, 3.8) is 0 Å². The number of nitrogens with zero attached hydrogens (tertiary/aromatic N) is 2. The third kappa shape index (κ3) is 9.24. The average molecular weight is 785 g/mol. The molecule has 0 aliphatic heterocycles. The molecule has 0 saturated heterocycles. The van der Waals surface area contributed by atoms with E-state index in [0.717, 1.165) is 11.4 Å². The van der Waals surface area contributed by atoms with Crippen molar-refractivity contribution in [2.24, 2.45) is 0 Å². The summed E-state index contributed by atoms with van der Waals surface area (Å²) in [7, 11) is 0. The fourth-order valence-electron chi connectivity index (χ4n) is 6.05. The van der Waals surface area contributed by atoms with Gasteiger partial charge in [-0.25, -0.2) is 0 Å². The molecule has 0 radical (unpaired) electrons. The first kappa shape index (κ1) is 38.9. The van der Waals surface area contributed by atoms with Crippen molar-refractivity contribution in [1.82, 2.24) is 9.97 Å². The second-order valence-corrected chi connectivity index (χ2v) is 17.7. The van der Waals surface area contributed by atoms with E-state index in [1.54, 1.807) is 23.3 Å². The predicted molar refractivity (Wildman–Crippen MR) is 202 cm³/mol. The Labute approximate surface area is 323 Å². The van der Waals surface area contributed by atoms with Crippen LogP contribution in [0.15, 0.2) is 158 Å². The predicted octanol–water partition coefficient (Wildman–Crippen LogP) is 3.82. The summed E-state index contributed by atoms with van der Waals surface area (Å²) in [6.07, 6.45) is 3.69. The molecule has 8 aromatic rings. The van der Waals surface area contributed by atoms with E-state index in [2.05, 4.69) is 159 Å². The molecule has 0 aliphatic rings. The van der Waals surface area contributed by atoms with Crippen LogP contribution in [-0.2, 0) is 23.3 Å². The van der Waals surface area contributed by atoms with Gasteiger partial charge in [0.15, 0.2) is 0 Å². The zero-order valence-corrected chi connectivity index (χ0v) is 33.6. The maximum absolute atomic E-state index is 4.44. The maximum atomic E-state index is 4.44. The van der Waals surface area contributed by atoms with E-state index < -0.39 is 5.43 Å². The zero-order valence-electron chi connectivity index (χ0n) is 28.7. The Balaban J connectivity index is 0.000000166. The molecule has 50 heavy (non-hydrogen) atoms. The van der Waals surface area contributed by atoms with E-state index in [-0.39, 0.29) is 24.8 Å². The topological polar surface area (TPSA) is 25.8 Å². The van der Waals surface area contributed by atoms with E-state index in [9.17, 15) is 0 Å². The van der Waals surface area contributed by atoms with Gasteiger partial charge in [-0.1, -0.05) is 52.0 Å². The molecule has 0 aliphatic carbocycles. The Hall–Kier alpha value is -3.92. The van der Waals surface area contributed by atoms with Crippen LogP contribution in [0.4, 0.5) is 0 Å². The normalized spacial score (nSPS) is 10.2. The average Bonchev–Trinajstić information content (AvgIpc) is 3.73. The molecule has 2 aromatic heterocycles. The fraction of sp³-hybridized carbons (Fsp3) is 0.0909. The summed E-state index contributed by atoms with van der Waals surface area (Å²) in [5.74, 6) is 0. The number of fused-ring (bicyclic) bond motifs is 2. The summed E-state index contributed by atoms with van der Waals surface area (Å²) in [4.78, 5) is 8.88. The van der Waals surface area contributed by atoms with Gasteiger partial charge < -0.3 is 24.8 Å². The summed E-state index contributed by atoms with van der Waals surface area (Å²) >= 11 is 1.64. The van der Waals surface area contributed by atoms with Crippen LogP contribution in [-0.4, -0.2) is 15.4 Å². The molecular weight excluding hydrogens is 747 g/mol. The Kier molecular flexibility index (Phi) is 14.3. The number of hydrogen-bond donors (Lipinski definition) is 0. The molecule has 0 saturated carbocycles. The van der Waals surface area contributed by atoms with Crippen LogP contribution in [0.3, 0.4) is 0 Å². The van der Waals surface area contributed by atoms with E-state index in [0.29, 0.717) is 0 Å². The van der Waals surface area contributed by atoms with E-state index in [4.69, 9.17) is 0 Å². The standard InChI is InChI=1S/2C16H14N.C12H10Si.2ClH.Zr/c2*1-11-9-14-12(2)6-7-13(15(14)10-11)16-5-3-4-8-17-16;1-3-7-11(8-4-1)13-12-9-5-2-6-10-12;;;/h2*3-10H,1-2H3;1-10H;2*1H;/q2*-1;;;;+2/p-2. The number of aryl methyl sites for hydroxylation is 4. The SMILES string of the molecule is Cc1cc2c(-c3ccccn3)ccc(C)c2[cH-]1.Cc1cc2c(-c3ccccn3)ccc(C)c2[cH-]1.[Cl-].[Cl-].[Zr+2]=[Si](c1ccccc1)c1ccccc1. The monoisotopic (exact) mass is 782 g/mol. The fourth-order valence-corrected chi connectivity index (χ4v) is 9.89. The summed E-state index contributed by atoms with van der Waals surface area (Å²) in [5, 5.41) is 8.32. The minimum absolute atomic E-state index is 0. The Morgan fingerprint density at radius 3 is 1.22 bits per heavy atom. The number of halogens is 2. The van der Waals surface area contributed by atoms with Crippen molar-refractivity contribution >= 4 is 37.4 Å². The molecule has 0 spiro atoms. The number of aromatic nitrogens is 2. The zero-order chi connectivity index (χ0) is 33.5. The molecule has 8 rings (SSSR count). The first-order valence-corrected chi connectivity index (χ1v) is 21.4. The number of rotatable bonds is 4. The van der Waals surface area contributed by atoms with Gasteiger partial charge in [-0.2, -0.15) is 12.1 Å². The van der Waals surface area contributed by atoms with Gasteiger partial charge in [-0.15, -0.1) is 68.1 Å². The number of benzene rings is 4. The Morgan fingerprint density at radius 2 is 0.860 bits per heavy atom. The van der Waals surface area contributed by atoms with Gasteiger partial charge in [0.2, 0.25) is 0 Å². The molecule has 6 aromatic carbocycles. The van der Waals surface area contributed by atoms with Crippen LogP contribution >= 0.6 is 0 Å². The molecule has 0 unspecified atom stereocenters. The minimum atomic E-state index is -0.455. The molecule has 0 fully saturated rings.